The van der Waals surface area contributed by atoms with Crippen molar-refractivity contribution < 1.29 is 9.53 Å². The Bertz CT molecular complexity index is 1240. The van der Waals surface area contributed by atoms with E-state index in [1.165, 1.54) is 0 Å². The Hall–Kier alpha value is -3.09. The lowest BCUT2D eigenvalue weighted by atomic mass is 10.0. The van der Waals surface area contributed by atoms with Crippen molar-refractivity contribution in [1.82, 2.24) is 15.5 Å². The van der Waals surface area contributed by atoms with E-state index in [-0.39, 0.29) is 36.6 Å². The third-order valence-electron chi connectivity index (χ3n) is 4.83. The highest BCUT2D eigenvalue weighted by atomic mass is 35.5. The van der Waals surface area contributed by atoms with Gasteiger partial charge in [-0.1, -0.05) is 18.2 Å². The molecule has 0 aliphatic rings. The largest absolute Gasteiger partial charge is 0.478 e. The molecule has 0 atom stereocenters. The number of nitrogens with one attached hydrogen (secondary N) is 3. The summed E-state index contributed by atoms with van der Waals surface area (Å²) in [5.41, 5.74) is 4.06. The van der Waals surface area contributed by atoms with Crippen molar-refractivity contribution in [3.05, 3.63) is 65.7 Å². The van der Waals surface area contributed by atoms with Crippen molar-refractivity contribution in [2.24, 2.45) is 0 Å². The predicted molar refractivity (Wildman–Crippen MR) is 130 cm³/mol. The second-order valence-corrected chi connectivity index (χ2v) is 6.73. The number of nitrogens with zero attached hydrogens (tertiary/aromatic N) is 1. The molecular weight excluding hydrogens is 435 g/mol. The lowest BCUT2D eigenvalue weighted by molar-refractivity contribution is 0.0956. The minimum atomic E-state index is -0.0685. The summed E-state index contributed by atoms with van der Waals surface area (Å²) in [7, 11) is 0. The number of hydrogen-bond acceptors (Lipinski definition) is 4. The van der Waals surface area contributed by atoms with Gasteiger partial charge >= 0.3 is 0 Å². The maximum absolute atomic E-state index is 12.1. The Kier molecular flexibility index (Phi) is 8.02. The van der Waals surface area contributed by atoms with Crippen molar-refractivity contribution in [3.8, 4) is 11.3 Å². The quantitative estimate of drug-likeness (QED) is 0.278. The third-order valence-corrected chi connectivity index (χ3v) is 4.83. The van der Waals surface area contributed by atoms with Crippen molar-refractivity contribution in [2.75, 3.05) is 13.2 Å². The maximum atomic E-state index is 12.1. The molecular formula is C23H24Cl2N4O2. The molecule has 0 bridgehead atoms. The summed E-state index contributed by atoms with van der Waals surface area (Å²) in [6.45, 7) is 4.83. The van der Waals surface area contributed by atoms with Crippen LogP contribution in [0.5, 0.6) is 0 Å². The van der Waals surface area contributed by atoms with E-state index >= 15 is 0 Å². The molecule has 4 rings (SSSR count). The van der Waals surface area contributed by atoms with Crippen LogP contribution in [0.25, 0.3) is 32.9 Å². The highest BCUT2D eigenvalue weighted by Crippen LogP contribution is 2.30. The summed E-state index contributed by atoms with van der Waals surface area (Å²) in [6.07, 6.45) is 0. The Labute approximate surface area is 192 Å². The van der Waals surface area contributed by atoms with Crippen LogP contribution < -0.4 is 5.32 Å². The van der Waals surface area contributed by atoms with E-state index in [4.69, 9.17) is 10.1 Å². The van der Waals surface area contributed by atoms with Crippen molar-refractivity contribution in [2.45, 2.75) is 13.8 Å². The van der Waals surface area contributed by atoms with Gasteiger partial charge in [0, 0.05) is 28.6 Å². The monoisotopic (exact) mass is 458 g/mol. The van der Waals surface area contributed by atoms with E-state index in [1.807, 2.05) is 62.4 Å². The van der Waals surface area contributed by atoms with Crippen LogP contribution in [-0.2, 0) is 4.74 Å². The molecule has 6 nitrogen and oxygen atoms in total. The molecule has 0 radical (unpaired) electrons. The van der Waals surface area contributed by atoms with Gasteiger partial charge in [-0.05, 0) is 61.0 Å². The first-order chi connectivity index (χ1) is 14.1. The minimum absolute atomic E-state index is 0. The molecule has 0 saturated carbocycles. The third kappa shape index (κ3) is 4.81. The van der Waals surface area contributed by atoms with Gasteiger partial charge < -0.3 is 10.1 Å². The molecule has 3 aromatic carbocycles. The summed E-state index contributed by atoms with van der Waals surface area (Å²) in [6, 6.07) is 17.4. The van der Waals surface area contributed by atoms with Crippen LogP contribution in [-0.4, -0.2) is 35.2 Å². The van der Waals surface area contributed by atoms with E-state index in [1.54, 1.807) is 0 Å². The molecule has 0 aliphatic carbocycles. The Morgan fingerprint density at radius 2 is 1.71 bits per heavy atom. The van der Waals surface area contributed by atoms with Crippen LogP contribution in [0.1, 0.15) is 29.8 Å². The number of fused-ring (bicyclic) bond motifs is 2. The van der Waals surface area contributed by atoms with Crippen LogP contribution in [0.4, 0.5) is 0 Å². The van der Waals surface area contributed by atoms with E-state index in [0.29, 0.717) is 18.7 Å². The molecule has 162 valence electrons. The van der Waals surface area contributed by atoms with Crippen LogP contribution in [0.15, 0.2) is 54.6 Å². The average Bonchev–Trinajstić information content (AvgIpc) is 3.16. The fourth-order valence-electron chi connectivity index (χ4n) is 3.40. The van der Waals surface area contributed by atoms with E-state index in [2.05, 4.69) is 21.6 Å². The van der Waals surface area contributed by atoms with Gasteiger partial charge in [0.1, 0.15) is 0 Å². The van der Waals surface area contributed by atoms with Crippen molar-refractivity contribution in [3.63, 3.8) is 0 Å². The molecule has 0 unspecified atom stereocenters. The number of carbonyl (C=O) groups is 1. The number of aromatic amines is 1. The molecule has 1 amide bonds. The van der Waals surface area contributed by atoms with Crippen LogP contribution >= 0.6 is 24.8 Å². The van der Waals surface area contributed by atoms with Gasteiger partial charge in [0.05, 0.1) is 17.8 Å². The summed E-state index contributed by atoms with van der Waals surface area (Å²) >= 11 is 0. The SMILES string of the molecule is CCNC(=O)c1ccc2cc(-c3n[nH]c4ccc(C(=N)OCC)cc34)ccc2c1.Cl.Cl. The molecule has 3 N–H and O–H groups in total. The highest BCUT2D eigenvalue weighted by Gasteiger charge is 2.12. The predicted octanol–water partition coefficient (Wildman–Crippen LogP) is 5.34. The molecule has 4 aromatic rings. The molecule has 8 heteroatoms. The molecule has 0 spiro atoms. The first kappa shape index (κ1) is 24.2. The number of carbonyl (C=O) groups excluding carboxylic acids is 1. The number of rotatable bonds is 5. The van der Waals surface area contributed by atoms with Crippen LogP contribution in [0.2, 0.25) is 0 Å². The fraction of sp³-hybridized carbons (Fsp3) is 0.174. The van der Waals surface area contributed by atoms with Gasteiger partial charge in [-0.15, -0.1) is 24.8 Å². The smallest absolute Gasteiger partial charge is 0.251 e. The van der Waals surface area contributed by atoms with Gasteiger partial charge in [-0.3, -0.25) is 15.3 Å². The zero-order valence-corrected chi connectivity index (χ0v) is 18.8. The number of benzene rings is 3. The summed E-state index contributed by atoms with van der Waals surface area (Å²) in [5, 5.41) is 21.4. The molecule has 31 heavy (non-hydrogen) atoms. The van der Waals surface area contributed by atoms with E-state index in [0.717, 1.165) is 38.5 Å². The summed E-state index contributed by atoms with van der Waals surface area (Å²) < 4.78 is 5.32. The van der Waals surface area contributed by atoms with Gasteiger partial charge in [0.25, 0.3) is 5.91 Å². The molecule has 0 aliphatic heterocycles. The fourth-order valence-corrected chi connectivity index (χ4v) is 3.40. The summed E-state index contributed by atoms with van der Waals surface area (Å²) in [4.78, 5) is 12.1. The number of aromatic nitrogens is 2. The number of ether oxygens (including phenoxy) is 1. The van der Waals surface area contributed by atoms with E-state index in [9.17, 15) is 4.79 Å². The van der Waals surface area contributed by atoms with E-state index < -0.39 is 0 Å². The molecule has 1 aromatic heterocycles. The number of amides is 1. The second-order valence-electron chi connectivity index (χ2n) is 6.73. The normalized spacial score (nSPS) is 10.3. The zero-order chi connectivity index (χ0) is 20.4. The standard InChI is InChI=1S/C23H22N4O2.2ClH/c1-3-25-23(28)18-8-6-14-11-16(7-5-15(14)12-18)21-19-13-17(22(24)29-4-2)9-10-20(19)26-27-21;;/h5-13,24H,3-4H2,1-2H3,(H,25,28)(H,26,27);2*1H. The Morgan fingerprint density at radius 3 is 2.45 bits per heavy atom. The van der Waals surface area contributed by atoms with Gasteiger partial charge in [0.2, 0.25) is 5.90 Å². The highest BCUT2D eigenvalue weighted by molar-refractivity contribution is 6.02. The van der Waals surface area contributed by atoms with Crippen LogP contribution in [0.3, 0.4) is 0 Å². The topological polar surface area (TPSA) is 90.9 Å². The maximum Gasteiger partial charge on any atom is 0.251 e. The second kappa shape index (κ2) is 10.3. The van der Waals surface area contributed by atoms with Crippen LogP contribution in [0, 0.1) is 5.41 Å². The molecule has 1 heterocycles. The number of halogens is 2. The Balaban J connectivity index is 0.00000171. The number of hydrogen-bond donors (Lipinski definition) is 3. The zero-order valence-electron chi connectivity index (χ0n) is 17.2. The average molecular weight is 459 g/mol. The number of H-pyrrole nitrogens is 1. The van der Waals surface area contributed by atoms with Gasteiger partial charge in [0.15, 0.2) is 0 Å². The lowest BCUT2D eigenvalue weighted by Crippen LogP contribution is -2.22. The lowest BCUT2D eigenvalue weighted by Gasteiger charge is -2.07. The first-order valence-electron chi connectivity index (χ1n) is 9.63. The first-order valence-corrected chi connectivity index (χ1v) is 9.63. The minimum Gasteiger partial charge on any atom is -0.478 e. The Morgan fingerprint density at radius 1 is 1.00 bits per heavy atom. The summed E-state index contributed by atoms with van der Waals surface area (Å²) in [5.74, 6) is 0.0824. The van der Waals surface area contributed by atoms with Crippen molar-refractivity contribution >= 4 is 58.3 Å². The molecule has 0 saturated heterocycles. The van der Waals surface area contributed by atoms with Gasteiger partial charge in [-0.25, -0.2) is 0 Å². The van der Waals surface area contributed by atoms with Gasteiger partial charge in [-0.2, -0.15) is 5.10 Å². The van der Waals surface area contributed by atoms with Crippen molar-refractivity contribution in [1.29, 1.82) is 5.41 Å². The molecule has 0 fully saturated rings.